The van der Waals surface area contributed by atoms with Crippen LogP contribution in [-0.2, 0) is 0 Å². The van der Waals surface area contributed by atoms with Crippen LogP contribution in [0.15, 0.2) is 23.5 Å². The number of nitrogens with zero attached hydrogens (tertiary/aromatic N) is 6. The van der Waals surface area contributed by atoms with Gasteiger partial charge in [0.2, 0.25) is 5.95 Å². The smallest absolute Gasteiger partial charge is 0.225 e. The second-order valence-corrected chi connectivity index (χ2v) is 8.41. The number of guanidine groups is 1. The summed E-state index contributed by atoms with van der Waals surface area (Å²) in [6.07, 6.45) is 7.44. The molecule has 2 aliphatic heterocycles. The molecule has 0 aromatic carbocycles. The summed E-state index contributed by atoms with van der Waals surface area (Å²) in [7, 11) is 1.88. The van der Waals surface area contributed by atoms with Crippen molar-refractivity contribution in [2.45, 2.75) is 33.1 Å². The monoisotopic (exact) mass is 387 g/mol. The molecule has 7 heteroatoms. The van der Waals surface area contributed by atoms with Gasteiger partial charge in [0, 0.05) is 65.3 Å². The molecule has 0 aliphatic carbocycles. The highest BCUT2D eigenvalue weighted by atomic mass is 15.4. The summed E-state index contributed by atoms with van der Waals surface area (Å²) >= 11 is 0. The zero-order chi connectivity index (χ0) is 19.8. The number of rotatable bonds is 6. The Labute approximate surface area is 170 Å². The molecule has 0 radical (unpaired) electrons. The van der Waals surface area contributed by atoms with E-state index >= 15 is 0 Å². The second kappa shape index (κ2) is 10.6. The molecule has 1 aromatic rings. The number of piperidine rings is 1. The van der Waals surface area contributed by atoms with E-state index in [2.05, 4.69) is 48.8 Å². The van der Waals surface area contributed by atoms with E-state index in [4.69, 9.17) is 0 Å². The van der Waals surface area contributed by atoms with E-state index in [1.807, 2.05) is 13.1 Å². The second-order valence-electron chi connectivity index (χ2n) is 8.41. The van der Waals surface area contributed by atoms with Gasteiger partial charge in [-0.25, -0.2) is 9.97 Å². The number of piperazine rings is 1. The molecule has 0 spiro atoms. The molecule has 156 valence electrons. The Balaban J connectivity index is 1.33. The predicted molar refractivity (Wildman–Crippen MR) is 116 cm³/mol. The van der Waals surface area contributed by atoms with Crippen LogP contribution in [0.2, 0.25) is 0 Å². The molecule has 0 bridgehead atoms. The molecular weight excluding hydrogens is 350 g/mol. The lowest BCUT2D eigenvalue weighted by Gasteiger charge is -2.36. The number of likely N-dealkylation sites (tertiary alicyclic amines) is 1. The van der Waals surface area contributed by atoms with Crippen LogP contribution in [0.5, 0.6) is 0 Å². The Morgan fingerprint density at radius 2 is 1.75 bits per heavy atom. The Hall–Kier alpha value is -1.89. The largest absolute Gasteiger partial charge is 0.356 e. The van der Waals surface area contributed by atoms with E-state index in [1.165, 1.54) is 38.9 Å². The van der Waals surface area contributed by atoms with Crippen molar-refractivity contribution in [3.8, 4) is 0 Å². The fourth-order valence-electron chi connectivity index (χ4n) is 4.54. The summed E-state index contributed by atoms with van der Waals surface area (Å²) in [5, 5.41) is 3.56. The first-order chi connectivity index (χ1) is 13.7. The molecule has 28 heavy (non-hydrogen) atoms. The molecule has 0 amide bonds. The van der Waals surface area contributed by atoms with E-state index in [1.54, 1.807) is 12.4 Å². The van der Waals surface area contributed by atoms with Crippen LogP contribution >= 0.6 is 0 Å². The van der Waals surface area contributed by atoms with Gasteiger partial charge in [-0.1, -0.05) is 13.8 Å². The normalized spacial score (nSPS) is 24.5. The summed E-state index contributed by atoms with van der Waals surface area (Å²) in [5.74, 6) is 3.54. The molecule has 1 N–H and O–H groups in total. The standard InChI is InChI=1S/C21H37N7/c1-18-15-19(2)17-26(16-18)10-5-4-7-23-20(22-3)27-11-13-28(14-12-27)21-24-8-6-9-25-21/h6,8-9,18-19H,4-5,7,10-17H2,1-3H3,(H,22,23). The Bertz CT molecular complexity index is 588. The zero-order valence-electron chi connectivity index (χ0n) is 17.8. The predicted octanol–water partition coefficient (Wildman–Crippen LogP) is 1.93. The van der Waals surface area contributed by atoms with Crippen molar-refractivity contribution in [2.24, 2.45) is 16.8 Å². The lowest BCUT2D eigenvalue weighted by molar-refractivity contribution is 0.139. The summed E-state index contributed by atoms with van der Waals surface area (Å²) in [6, 6.07) is 1.86. The molecule has 2 fully saturated rings. The van der Waals surface area contributed by atoms with Gasteiger partial charge in [0.1, 0.15) is 0 Å². The van der Waals surface area contributed by atoms with E-state index in [-0.39, 0.29) is 0 Å². The van der Waals surface area contributed by atoms with Gasteiger partial charge < -0.3 is 20.0 Å². The third-order valence-corrected chi connectivity index (χ3v) is 5.75. The Kier molecular flexibility index (Phi) is 7.89. The summed E-state index contributed by atoms with van der Waals surface area (Å²) in [6.45, 7) is 13.3. The van der Waals surface area contributed by atoms with Gasteiger partial charge in [0.15, 0.2) is 5.96 Å². The molecule has 3 rings (SSSR count). The molecular formula is C21H37N7. The quantitative estimate of drug-likeness (QED) is 0.457. The number of hydrogen-bond acceptors (Lipinski definition) is 5. The van der Waals surface area contributed by atoms with Gasteiger partial charge in [-0.2, -0.15) is 0 Å². The van der Waals surface area contributed by atoms with Crippen LogP contribution in [-0.4, -0.2) is 85.1 Å². The topological polar surface area (TPSA) is 59.9 Å². The fourth-order valence-corrected chi connectivity index (χ4v) is 4.54. The molecule has 1 aromatic heterocycles. The van der Waals surface area contributed by atoms with Crippen molar-refractivity contribution < 1.29 is 0 Å². The van der Waals surface area contributed by atoms with Gasteiger partial charge in [-0.05, 0) is 43.7 Å². The number of unbranched alkanes of at least 4 members (excludes halogenated alkanes) is 1. The number of aromatic nitrogens is 2. The maximum Gasteiger partial charge on any atom is 0.225 e. The van der Waals surface area contributed by atoms with Gasteiger partial charge in [0.25, 0.3) is 0 Å². The highest BCUT2D eigenvalue weighted by Crippen LogP contribution is 2.21. The number of anilines is 1. The minimum atomic E-state index is 0.825. The van der Waals surface area contributed by atoms with Gasteiger partial charge >= 0.3 is 0 Å². The van der Waals surface area contributed by atoms with E-state index < -0.39 is 0 Å². The molecule has 2 aliphatic rings. The maximum atomic E-state index is 4.49. The van der Waals surface area contributed by atoms with E-state index in [9.17, 15) is 0 Å². The lowest BCUT2D eigenvalue weighted by atomic mass is 9.92. The zero-order valence-corrected chi connectivity index (χ0v) is 17.8. The molecule has 0 saturated carbocycles. The molecule has 2 atom stereocenters. The molecule has 2 unspecified atom stereocenters. The summed E-state index contributed by atoms with van der Waals surface area (Å²) < 4.78 is 0. The number of nitrogens with one attached hydrogen (secondary N) is 1. The summed E-state index contributed by atoms with van der Waals surface area (Å²) in [5.41, 5.74) is 0. The van der Waals surface area contributed by atoms with Crippen LogP contribution in [0.3, 0.4) is 0 Å². The average Bonchev–Trinajstić information content (AvgIpc) is 2.71. The highest BCUT2D eigenvalue weighted by molar-refractivity contribution is 5.80. The Morgan fingerprint density at radius 3 is 2.39 bits per heavy atom. The van der Waals surface area contributed by atoms with Crippen molar-refractivity contribution in [3.05, 3.63) is 18.5 Å². The number of hydrogen-bond donors (Lipinski definition) is 1. The summed E-state index contributed by atoms with van der Waals surface area (Å²) in [4.78, 5) is 20.4. The average molecular weight is 388 g/mol. The SMILES string of the molecule is CN=C(NCCCCN1CC(C)CC(C)C1)N1CCN(c2ncccn2)CC1. The van der Waals surface area contributed by atoms with Crippen molar-refractivity contribution in [3.63, 3.8) is 0 Å². The first-order valence-corrected chi connectivity index (χ1v) is 10.9. The van der Waals surface area contributed by atoms with Crippen molar-refractivity contribution in [1.82, 2.24) is 25.1 Å². The highest BCUT2D eigenvalue weighted by Gasteiger charge is 2.22. The van der Waals surface area contributed by atoms with Crippen molar-refractivity contribution in [1.29, 1.82) is 0 Å². The lowest BCUT2D eigenvalue weighted by Crippen LogP contribution is -2.53. The van der Waals surface area contributed by atoms with Gasteiger partial charge in [-0.15, -0.1) is 0 Å². The molecule has 3 heterocycles. The van der Waals surface area contributed by atoms with Crippen molar-refractivity contribution >= 4 is 11.9 Å². The molecule has 7 nitrogen and oxygen atoms in total. The number of aliphatic imine (C=N–C) groups is 1. The fraction of sp³-hybridized carbons (Fsp3) is 0.762. The Morgan fingerprint density at radius 1 is 1.07 bits per heavy atom. The van der Waals surface area contributed by atoms with Crippen LogP contribution < -0.4 is 10.2 Å². The van der Waals surface area contributed by atoms with Crippen LogP contribution in [0.4, 0.5) is 5.95 Å². The van der Waals surface area contributed by atoms with Crippen LogP contribution in [0.25, 0.3) is 0 Å². The third kappa shape index (κ3) is 6.06. The third-order valence-electron chi connectivity index (χ3n) is 5.75. The van der Waals surface area contributed by atoms with Crippen LogP contribution in [0.1, 0.15) is 33.1 Å². The maximum absolute atomic E-state index is 4.49. The first kappa shape index (κ1) is 20.8. The molecule has 2 saturated heterocycles. The minimum absolute atomic E-state index is 0.825. The van der Waals surface area contributed by atoms with Crippen molar-refractivity contribution in [2.75, 3.05) is 64.3 Å². The van der Waals surface area contributed by atoms with E-state index in [0.29, 0.717) is 0 Å². The first-order valence-electron chi connectivity index (χ1n) is 10.9. The van der Waals surface area contributed by atoms with Crippen LogP contribution in [0, 0.1) is 11.8 Å². The van der Waals surface area contributed by atoms with E-state index in [0.717, 1.165) is 56.5 Å². The van der Waals surface area contributed by atoms with Gasteiger partial charge in [0.05, 0.1) is 0 Å². The minimum Gasteiger partial charge on any atom is -0.356 e. The van der Waals surface area contributed by atoms with Gasteiger partial charge in [-0.3, -0.25) is 4.99 Å².